The van der Waals surface area contributed by atoms with Crippen LogP contribution in [0, 0.1) is 0 Å². The molecule has 3 aliphatic rings. The van der Waals surface area contributed by atoms with Gasteiger partial charge in [-0.15, -0.1) is 0 Å². The van der Waals surface area contributed by atoms with Crippen LogP contribution in [0.2, 0.25) is 0 Å². The average Bonchev–Trinajstić information content (AvgIpc) is 3.18. The van der Waals surface area contributed by atoms with Crippen molar-refractivity contribution in [2.45, 2.75) is 30.1 Å². The molecule has 5 rings (SSSR count). The number of benzene rings is 2. The Balaban J connectivity index is 1.83. The van der Waals surface area contributed by atoms with Gasteiger partial charge in [0.2, 0.25) is 0 Å². The zero-order valence-electron chi connectivity index (χ0n) is 11.6. The lowest BCUT2D eigenvalue weighted by Crippen LogP contribution is -2.38. The number of hydrogen-bond donors (Lipinski definition) is 0. The summed E-state index contributed by atoms with van der Waals surface area (Å²) in [6, 6.07) is 15.7. The summed E-state index contributed by atoms with van der Waals surface area (Å²) < 4.78 is 0. The molecule has 2 aromatic rings. The molecule has 0 saturated heterocycles. The Morgan fingerprint density at radius 3 is 1.57 bits per heavy atom. The predicted octanol–water partition coefficient (Wildman–Crippen LogP) is 3.44. The lowest BCUT2D eigenvalue weighted by Gasteiger charge is -2.36. The van der Waals surface area contributed by atoms with E-state index in [-0.39, 0.29) is 22.4 Å². The third-order valence-electron chi connectivity index (χ3n) is 5.81. The minimum absolute atomic E-state index is 0.122. The zero-order chi connectivity index (χ0) is 14.2. The standard InChI is InChI=1S/C19H14O2/c20-16-9-19-11-18(19,14-7-3-1-5-12(14)16)10-17(21)13-6-2-4-8-15(13)19/h1-8H,9-11H2. The summed E-state index contributed by atoms with van der Waals surface area (Å²) in [6.45, 7) is 0. The molecule has 21 heavy (non-hydrogen) atoms. The van der Waals surface area contributed by atoms with Crippen LogP contribution < -0.4 is 0 Å². The monoisotopic (exact) mass is 274 g/mol. The molecule has 2 atom stereocenters. The van der Waals surface area contributed by atoms with Gasteiger partial charge in [0.1, 0.15) is 0 Å². The first-order chi connectivity index (χ1) is 10.2. The van der Waals surface area contributed by atoms with Gasteiger partial charge in [-0.1, -0.05) is 48.5 Å². The van der Waals surface area contributed by atoms with E-state index in [4.69, 9.17) is 0 Å². The van der Waals surface area contributed by atoms with Gasteiger partial charge < -0.3 is 0 Å². The van der Waals surface area contributed by atoms with E-state index in [1.807, 2.05) is 36.4 Å². The van der Waals surface area contributed by atoms with E-state index in [2.05, 4.69) is 12.1 Å². The van der Waals surface area contributed by atoms with Crippen molar-refractivity contribution in [1.29, 1.82) is 0 Å². The fraction of sp³-hybridized carbons (Fsp3) is 0.263. The van der Waals surface area contributed by atoms with E-state index in [0.717, 1.165) is 28.7 Å². The maximum absolute atomic E-state index is 12.6. The molecule has 0 spiro atoms. The highest BCUT2D eigenvalue weighted by molar-refractivity contribution is 6.07. The highest BCUT2D eigenvalue weighted by Crippen LogP contribution is 2.74. The first-order valence-corrected chi connectivity index (χ1v) is 7.43. The summed E-state index contributed by atoms with van der Waals surface area (Å²) in [7, 11) is 0. The molecule has 0 amide bonds. The van der Waals surface area contributed by atoms with Gasteiger partial charge in [0.25, 0.3) is 0 Å². The number of hydrogen-bond acceptors (Lipinski definition) is 2. The lowest BCUT2D eigenvalue weighted by atomic mass is 9.65. The number of fused-ring (bicyclic) bond motifs is 2. The molecule has 0 radical (unpaired) electrons. The van der Waals surface area contributed by atoms with E-state index in [9.17, 15) is 9.59 Å². The highest BCUT2D eigenvalue weighted by Gasteiger charge is 2.74. The normalized spacial score (nSPS) is 31.8. The Hall–Kier alpha value is -2.22. The molecule has 3 aliphatic carbocycles. The molecule has 0 aromatic heterocycles. The maximum atomic E-state index is 12.6. The van der Waals surface area contributed by atoms with Gasteiger partial charge in [-0.2, -0.15) is 0 Å². The van der Waals surface area contributed by atoms with Crippen molar-refractivity contribution >= 4 is 11.6 Å². The van der Waals surface area contributed by atoms with Crippen molar-refractivity contribution in [3.8, 4) is 0 Å². The molecule has 0 N–H and O–H groups in total. The molecular weight excluding hydrogens is 260 g/mol. The maximum Gasteiger partial charge on any atom is 0.164 e. The van der Waals surface area contributed by atoms with E-state index in [1.54, 1.807) is 0 Å². The van der Waals surface area contributed by atoms with Crippen molar-refractivity contribution in [3.63, 3.8) is 0 Å². The molecule has 2 heteroatoms. The van der Waals surface area contributed by atoms with Crippen LogP contribution in [-0.4, -0.2) is 11.6 Å². The first-order valence-electron chi connectivity index (χ1n) is 7.43. The van der Waals surface area contributed by atoms with Gasteiger partial charge in [0, 0.05) is 34.8 Å². The number of rotatable bonds is 0. The van der Waals surface area contributed by atoms with Crippen molar-refractivity contribution in [2.24, 2.45) is 0 Å². The molecule has 2 nitrogen and oxygen atoms in total. The number of carbonyl (C=O) groups excluding carboxylic acids is 2. The van der Waals surface area contributed by atoms with Crippen molar-refractivity contribution < 1.29 is 9.59 Å². The average molecular weight is 274 g/mol. The number of Topliss-reactive ketones (excluding diaryl/α,β-unsaturated/α-hetero) is 2. The molecular formula is C19H14O2. The molecule has 0 aliphatic heterocycles. The minimum atomic E-state index is -0.122. The molecule has 0 bridgehead atoms. The third-order valence-corrected chi connectivity index (χ3v) is 5.81. The van der Waals surface area contributed by atoms with Crippen LogP contribution in [-0.2, 0) is 10.8 Å². The van der Waals surface area contributed by atoms with Crippen LogP contribution in [0.15, 0.2) is 48.5 Å². The zero-order valence-corrected chi connectivity index (χ0v) is 11.6. The van der Waals surface area contributed by atoms with Crippen molar-refractivity contribution in [1.82, 2.24) is 0 Å². The van der Waals surface area contributed by atoms with Crippen LogP contribution in [0.5, 0.6) is 0 Å². The predicted molar refractivity (Wildman–Crippen MR) is 78.8 cm³/mol. The van der Waals surface area contributed by atoms with E-state index in [0.29, 0.717) is 12.8 Å². The van der Waals surface area contributed by atoms with Gasteiger partial charge in [-0.05, 0) is 17.5 Å². The quantitative estimate of drug-likeness (QED) is 0.737. The van der Waals surface area contributed by atoms with Crippen LogP contribution in [0.1, 0.15) is 51.1 Å². The fourth-order valence-electron chi connectivity index (χ4n) is 4.86. The Morgan fingerprint density at radius 2 is 1.10 bits per heavy atom. The second-order valence-corrected chi connectivity index (χ2v) is 6.63. The van der Waals surface area contributed by atoms with Crippen molar-refractivity contribution in [2.75, 3.05) is 0 Å². The fourth-order valence-corrected chi connectivity index (χ4v) is 4.86. The van der Waals surface area contributed by atoms with Gasteiger partial charge in [-0.25, -0.2) is 0 Å². The van der Waals surface area contributed by atoms with Crippen LogP contribution >= 0.6 is 0 Å². The second kappa shape index (κ2) is 3.33. The topological polar surface area (TPSA) is 34.1 Å². The highest BCUT2D eigenvalue weighted by atomic mass is 16.1. The van der Waals surface area contributed by atoms with Gasteiger partial charge in [0.15, 0.2) is 11.6 Å². The summed E-state index contributed by atoms with van der Waals surface area (Å²) >= 11 is 0. The first kappa shape index (κ1) is 11.4. The van der Waals surface area contributed by atoms with Gasteiger partial charge in [-0.3, -0.25) is 9.59 Å². The largest absolute Gasteiger partial charge is 0.294 e. The van der Waals surface area contributed by atoms with Crippen LogP contribution in [0.4, 0.5) is 0 Å². The Bertz CT molecular complexity index is 765. The Morgan fingerprint density at radius 1 is 0.667 bits per heavy atom. The van der Waals surface area contributed by atoms with Crippen LogP contribution in [0.25, 0.3) is 0 Å². The summed E-state index contributed by atoms with van der Waals surface area (Å²) in [5.41, 5.74) is 3.62. The second-order valence-electron chi connectivity index (χ2n) is 6.63. The smallest absolute Gasteiger partial charge is 0.164 e. The summed E-state index contributed by atoms with van der Waals surface area (Å²) in [4.78, 5) is 25.2. The van der Waals surface area contributed by atoms with Gasteiger partial charge >= 0.3 is 0 Å². The summed E-state index contributed by atoms with van der Waals surface area (Å²) in [5, 5.41) is 0. The SMILES string of the molecule is O=C1CC23CC2(CC(=O)c2ccccc23)c2ccccc21. The van der Waals surface area contributed by atoms with E-state index in [1.165, 1.54) is 0 Å². The number of carbonyl (C=O) groups is 2. The Kier molecular flexibility index (Phi) is 1.81. The van der Waals surface area contributed by atoms with Gasteiger partial charge in [0.05, 0.1) is 0 Å². The Labute approximate surface area is 122 Å². The minimum Gasteiger partial charge on any atom is -0.294 e. The van der Waals surface area contributed by atoms with E-state index < -0.39 is 0 Å². The molecule has 102 valence electrons. The van der Waals surface area contributed by atoms with Crippen LogP contribution in [0.3, 0.4) is 0 Å². The summed E-state index contributed by atoms with van der Waals surface area (Å²) in [5.74, 6) is 0.450. The van der Waals surface area contributed by atoms with E-state index >= 15 is 0 Å². The van der Waals surface area contributed by atoms with Crippen molar-refractivity contribution in [3.05, 3.63) is 70.8 Å². The lowest BCUT2D eigenvalue weighted by molar-refractivity contribution is 0.0903. The number of ketones is 2. The molecule has 1 fully saturated rings. The molecule has 2 unspecified atom stereocenters. The molecule has 1 saturated carbocycles. The molecule has 2 aromatic carbocycles. The molecule has 0 heterocycles. The third kappa shape index (κ3) is 1.12. The summed E-state index contributed by atoms with van der Waals surface area (Å²) in [6.07, 6.45) is 2.04.